The molecule has 2 heterocycles. The minimum Gasteiger partial charge on any atom is -0.329 e. The average Bonchev–Trinajstić information content (AvgIpc) is 3.49. The summed E-state index contributed by atoms with van der Waals surface area (Å²) in [6.45, 7) is 3.21. The highest BCUT2D eigenvalue weighted by Gasteiger charge is 2.22. The molecule has 1 aromatic heterocycles. The van der Waals surface area contributed by atoms with Gasteiger partial charge in [-0.25, -0.2) is 0 Å². The Morgan fingerprint density at radius 1 is 1.04 bits per heavy atom. The van der Waals surface area contributed by atoms with Crippen LogP contribution in [0.15, 0.2) is 47.3 Å². The van der Waals surface area contributed by atoms with E-state index in [0.717, 1.165) is 36.9 Å². The van der Waals surface area contributed by atoms with Crippen molar-refractivity contribution in [3.63, 3.8) is 0 Å². The summed E-state index contributed by atoms with van der Waals surface area (Å²) in [6.07, 6.45) is 7.27. The minimum atomic E-state index is -0.000454. The zero-order valence-electron chi connectivity index (χ0n) is 15.1. The highest BCUT2D eigenvalue weighted by atomic mass is 16.1. The highest BCUT2D eigenvalue weighted by Crippen LogP contribution is 2.40. The molecule has 1 aliphatic carbocycles. The molecule has 2 N–H and O–H groups in total. The van der Waals surface area contributed by atoms with E-state index in [2.05, 4.69) is 27.3 Å². The molecule has 1 amide bonds. The minimum absolute atomic E-state index is 0.000454. The lowest BCUT2D eigenvalue weighted by Crippen LogP contribution is -2.30. The molecule has 0 radical (unpaired) electrons. The van der Waals surface area contributed by atoms with Crippen LogP contribution in [-0.4, -0.2) is 29.4 Å². The van der Waals surface area contributed by atoms with Crippen LogP contribution in [0, 0.1) is 0 Å². The first-order valence-electron chi connectivity index (χ1n) is 9.45. The molecule has 1 aromatic carbocycles. The first-order valence-corrected chi connectivity index (χ1v) is 9.45. The zero-order chi connectivity index (χ0) is 18.2. The van der Waals surface area contributed by atoms with Gasteiger partial charge >= 0.3 is 0 Å². The van der Waals surface area contributed by atoms with E-state index < -0.39 is 0 Å². The van der Waals surface area contributed by atoms with Crippen molar-refractivity contribution in [3.8, 4) is 0 Å². The van der Waals surface area contributed by atoms with E-state index in [0.29, 0.717) is 6.41 Å². The van der Waals surface area contributed by atoms with Crippen LogP contribution in [-0.2, 0) is 11.3 Å². The van der Waals surface area contributed by atoms with E-state index in [1.807, 2.05) is 24.3 Å². The van der Waals surface area contributed by atoms with Crippen molar-refractivity contribution < 1.29 is 4.79 Å². The second-order valence-corrected chi connectivity index (χ2v) is 7.04. The number of nitrogens with one attached hydrogen (secondary N) is 2. The smallest absolute Gasteiger partial charge is 0.248 e. The predicted octanol–water partition coefficient (Wildman–Crippen LogP) is 3.49. The topological polar surface area (TPSA) is 65.2 Å². The summed E-state index contributed by atoms with van der Waals surface area (Å²) in [5, 5.41) is 2.61. The predicted molar refractivity (Wildman–Crippen MR) is 104 cm³/mol. The number of anilines is 1. The van der Waals surface area contributed by atoms with Gasteiger partial charge in [-0.2, -0.15) is 0 Å². The van der Waals surface area contributed by atoms with E-state index in [1.54, 1.807) is 6.07 Å². The molecule has 0 bridgehead atoms. The van der Waals surface area contributed by atoms with Crippen molar-refractivity contribution in [3.05, 3.63) is 64.1 Å². The standard InChI is InChI=1S/C11H16N2O.C10H11NO/c14-11-6-4-5-10(12-11)9-13-7-2-1-3-8-13;12-7-11-10-5-3-9(4-6-10)8-1-2-8/h4-6H,1-3,7-9H2,(H,12,14);3-8H,1-2H2,(H,11,12). The van der Waals surface area contributed by atoms with Gasteiger partial charge in [0.25, 0.3) is 0 Å². The fourth-order valence-electron chi connectivity index (χ4n) is 3.28. The van der Waals surface area contributed by atoms with E-state index in [1.165, 1.54) is 37.7 Å². The Balaban J connectivity index is 0.000000152. The second-order valence-electron chi connectivity index (χ2n) is 7.04. The molecule has 1 saturated heterocycles. The van der Waals surface area contributed by atoms with Gasteiger partial charge in [0.15, 0.2) is 0 Å². The van der Waals surface area contributed by atoms with Crippen LogP contribution in [0.25, 0.3) is 0 Å². The SMILES string of the molecule is O=CNc1ccc(C2CC2)cc1.O=c1cccc(CN2CCCCC2)[nH]1. The van der Waals surface area contributed by atoms with Gasteiger partial charge in [-0.15, -0.1) is 0 Å². The molecule has 0 unspecified atom stereocenters. The van der Waals surface area contributed by atoms with Crippen molar-refractivity contribution in [1.82, 2.24) is 9.88 Å². The van der Waals surface area contributed by atoms with Gasteiger partial charge < -0.3 is 10.3 Å². The van der Waals surface area contributed by atoms with Gasteiger partial charge in [0, 0.05) is 24.0 Å². The van der Waals surface area contributed by atoms with Crippen LogP contribution >= 0.6 is 0 Å². The van der Waals surface area contributed by atoms with Crippen molar-refractivity contribution in [1.29, 1.82) is 0 Å². The number of piperidine rings is 1. The van der Waals surface area contributed by atoms with E-state index in [4.69, 9.17) is 0 Å². The van der Waals surface area contributed by atoms with Crippen molar-refractivity contribution >= 4 is 12.1 Å². The molecule has 0 atom stereocenters. The van der Waals surface area contributed by atoms with E-state index >= 15 is 0 Å². The lowest BCUT2D eigenvalue weighted by atomic mass is 10.1. The van der Waals surface area contributed by atoms with Crippen LogP contribution in [0.3, 0.4) is 0 Å². The van der Waals surface area contributed by atoms with Gasteiger partial charge in [0.2, 0.25) is 12.0 Å². The molecule has 2 aromatic rings. The summed E-state index contributed by atoms with van der Waals surface area (Å²) in [4.78, 5) is 26.4. The molecule has 5 nitrogen and oxygen atoms in total. The van der Waals surface area contributed by atoms with Gasteiger partial charge in [-0.05, 0) is 68.5 Å². The molecule has 0 spiro atoms. The first kappa shape index (κ1) is 18.4. The zero-order valence-corrected chi connectivity index (χ0v) is 15.1. The average molecular weight is 353 g/mol. The number of carbonyl (C=O) groups excluding carboxylic acids is 1. The Kier molecular flexibility index (Phi) is 6.61. The lowest BCUT2D eigenvalue weighted by molar-refractivity contribution is -0.105. The summed E-state index contributed by atoms with van der Waals surface area (Å²) < 4.78 is 0. The largest absolute Gasteiger partial charge is 0.329 e. The third kappa shape index (κ3) is 5.85. The fourth-order valence-corrected chi connectivity index (χ4v) is 3.28. The number of likely N-dealkylation sites (tertiary alicyclic amines) is 1. The summed E-state index contributed by atoms with van der Waals surface area (Å²) in [5.41, 5.74) is 3.29. The van der Waals surface area contributed by atoms with Gasteiger partial charge in [-0.1, -0.05) is 24.6 Å². The maximum atomic E-state index is 11.1. The maximum Gasteiger partial charge on any atom is 0.248 e. The summed E-state index contributed by atoms with van der Waals surface area (Å²) in [7, 11) is 0. The number of aromatic amines is 1. The Morgan fingerprint density at radius 2 is 1.77 bits per heavy atom. The quantitative estimate of drug-likeness (QED) is 0.809. The van der Waals surface area contributed by atoms with Gasteiger partial charge in [-0.3, -0.25) is 14.5 Å². The van der Waals surface area contributed by atoms with Crippen LogP contribution < -0.4 is 10.9 Å². The monoisotopic (exact) mass is 353 g/mol. The Hall–Kier alpha value is -2.40. The normalized spacial score (nSPS) is 17.1. The van der Waals surface area contributed by atoms with Crippen molar-refractivity contribution in [2.45, 2.75) is 44.6 Å². The Bertz CT molecular complexity index is 744. The molecule has 26 heavy (non-hydrogen) atoms. The molecule has 138 valence electrons. The van der Waals surface area contributed by atoms with Crippen molar-refractivity contribution in [2.24, 2.45) is 0 Å². The maximum absolute atomic E-state index is 11.1. The van der Waals surface area contributed by atoms with E-state index in [-0.39, 0.29) is 5.56 Å². The molecule has 5 heteroatoms. The number of pyridine rings is 1. The molecule has 4 rings (SSSR count). The number of H-pyrrole nitrogens is 1. The summed E-state index contributed by atoms with van der Waals surface area (Å²) in [5.74, 6) is 0.787. The van der Waals surface area contributed by atoms with E-state index in [9.17, 15) is 9.59 Å². The van der Waals surface area contributed by atoms with Crippen LogP contribution in [0.1, 0.15) is 49.3 Å². The number of nitrogens with zero attached hydrogens (tertiary/aromatic N) is 1. The fraction of sp³-hybridized carbons (Fsp3) is 0.429. The number of rotatable bonds is 5. The third-order valence-electron chi connectivity index (χ3n) is 4.86. The summed E-state index contributed by atoms with van der Waals surface area (Å²) >= 11 is 0. The summed E-state index contributed by atoms with van der Waals surface area (Å²) in [6, 6.07) is 13.4. The van der Waals surface area contributed by atoms with Crippen LogP contribution in [0.4, 0.5) is 5.69 Å². The number of aromatic nitrogens is 1. The second kappa shape index (κ2) is 9.34. The van der Waals surface area contributed by atoms with Crippen molar-refractivity contribution in [2.75, 3.05) is 18.4 Å². The molecular formula is C21H27N3O2. The number of benzene rings is 1. The van der Waals surface area contributed by atoms with Gasteiger partial charge in [0.1, 0.15) is 0 Å². The highest BCUT2D eigenvalue weighted by molar-refractivity contribution is 5.71. The van der Waals surface area contributed by atoms with Crippen LogP contribution in [0.5, 0.6) is 0 Å². The number of hydrogen-bond acceptors (Lipinski definition) is 3. The molecule has 2 aliphatic rings. The first-order chi connectivity index (χ1) is 12.7. The Morgan fingerprint density at radius 3 is 2.38 bits per heavy atom. The lowest BCUT2D eigenvalue weighted by Gasteiger charge is -2.26. The molecule has 1 aliphatic heterocycles. The van der Waals surface area contributed by atoms with Gasteiger partial charge in [0.05, 0.1) is 0 Å². The molecule has 1 saturated carbocycles. The molecular weight excluding hydrogens is 326 g/mol. The number of hydrogen-bond donors (Lipinski definition) is 2. The van der Waals surface area contributed by atoms with Crippen LogP contribution in [0.2, 0.25) is 0 Å². The molecule has 2 fully saturated rings. The third-order valence-corrected chi connectivity index (χ3v) is 4.86. The Labute approximate surface area is 154 Å². The number of carbonyl (C=O) groups is 1. The number of amides is 1.